The molecule has 1 aliphatic rings. The highest BCUT2D eigenvalue weighted by Crippen LogP contribution is 2.23. The molecule has 0 aliphatic carbocycles. The van der Waals surface area contributed by atoms with Crippen molar-refractivity contribution < 1.29 is 9.59 Å². The van der Waals surface area contributed by atoms with Crippen LogP contribution >= 0.6 is 0 Å². The Morgan fingerprint density at radius 1 is 1.47 bits per heavy atom. The standard InChI is InChI=1S/C12H23N3O2/c1-5-12(7-6-8-13-12)11(17)14-9(2)10(16)15(3)4/h9,13H,5-8H2,1-4H3,(H,14,17). The molecule has 17 heavy (non-hydrogen) atoms. The van der Waals surface area contributed by atoms with Gasteiger partial charge < -0.3 is 15.5 Å². The first kappa shape index (κ1) is 14.0. The molecule has 0 bridgehead atoms. The lowest BCUT2D eigenvalue weighted by molar-refractivity contribution is -0.136. The maximum Gasteiger partial charge on any atom is 0.244 e. The predicted molar refractivity (Wildman–Crippen MR) is 66.6 cm³/mol. The van der Waals surface area contributed by atoms with Gasteiger partial charge in [-0.15, -0.1) is 0 Å². The largest absolute Gasteiger partial charge is 0.347 e. The maximum absolute atomic E-state index is 12.2. The minimum absolute atomic E-state index is 0.0554. The van der Waals surface area contributed by atoms with E-state index in [1.165, 1.54) is 4.90 Å². The molecule has 1 aliphatic heterocycles. The number of hydrogen-bond donors (Lipinski definition) is 2. The van der Waals surface area contributed by atoms with Crippen molar-refractivity contribution in [3.05, 3.63) is 0 Å². The van der Waals surface area contributed by atoms with Crippen LogP contribution in [-0.4, -0.2) is 48.9 Å². The van der Waals surface area contributed by atoms with Crippen molar-refractivity contribution in [3.63, 3.8) is 0 Å². The van der Waals surface area contributed by atoms with E-state index in [4.69, 9.17) is 0 Å². The van der Waals surface area contributed by atoms with Crippen LogP contribution in [0, 0.1) is 0 Å². The smallest absolute Gasteiger partial charge is 0.244 e. The molecular weight excluding hydrogens is 218 g/mol. The zero-order chi connectivity index (χ0) is 13.1. The van der Waals surface area contributed by atoms with Crippen LogP contribution in [0.15, 0.2) is 0 Å². The molecular formula is C12H23N3O2. The van der Waals surface area contributed by atoms with E-state index in [0.29, 0.717) is 0 Å². The zero-order valence-corrected chi connectivity index (χ0v) is 11.2. The van der Waals surface area contributed by atoms with Gasteiger partial charge in [0.05, 0.1) is 5.54 Å². The van der Waals surface area contributed by atoms with Crippen LogP contribution < -0.4 is 10.6 Å². The van der Waals surface area contributed by atoms with E-state index in [0.717, 1.165) is 25.8 Å². The second-order valence-electron chi connectivity index (χ2n) is 4.89. The average molecular weight is 241 g/mol. The maximum atomic E-state index is 12.2. The minimum atomic E-state index is -0.471. The molecule has 0 spiro atoms. The van der Waals surface area contributed by atoms with Gasteiger partial charge in [-0.3, -0.25) is 9.59 Å². The van der Waals surface area contributed by atoms with Crippen molar-refractivity contribution in [2.45, 2.75) is 44.7 Å². The van der Waals surface area contributed by atoms with Crippen molar-refractivity contribution in [3.8, 4) is 0 Å². The molecule has 0 saturated carbocycles. The molecule has 2 N–H and O–H groups in total. The van der Waals surface area contributed by atoms with Crippen LogP contribution in [0.3, 0.4) is 0 Å². The van der Waals surface area contributed by atoms with E-state index < -0.39 is 11.6 Å². The molecule has 5 nitrogen and oxygen atoms in total. The summed E-state index contributed by atoms with van der Waals surface area (Å²) in [4.78, 5) is 25.4. The predicted octanol–water partition coefficient (Wildman–Crippen LogP) is 0.112. The lowest BCUT2D eigenvalue weighted by atomic mass is 9.93. The fourth-order valence-electron chi connectivity index (χ4n) is 2.25. The molecule has 0 aromatic rings. The van der Waals surface area contributed by atoms with Gasteiger partial charge in [-0.05, 0) is 32.7 Å². The topological polar surface area (TPSA) is 61.4 Å². The van der Waals surface area contributed by atoms with Crippen LogP contribution in [0.1, 0.15) is 33.1 Å². The van der Waals surface area contributed by atoms with Crippen molar-refractivity contribution in [1.29, 1.82) is 0 Å². The van der Waals surface area contributed by atoms with Crippen molar-refractivity contribution in [1.82, 2.24) is 15.5 Å². The molecule has 1 fully saturated rings. The molecule has 1 saturated heterocycles. The number of carbonyl (C=O) groups excluding carboxylic acids is 2. The monoisotopic (exact) mass is 241 g/mol. The first-order chi connectivity index (χ1) is 7.93. The summed E-state index contributed by atoms with van der Waals surface area (Å²) in [6, 6.07) is -0.469. The molecule has 2 unspecified atom stereocenters. The first-order valence-corrected chi connectivity index (χ1v) is 6.20. The number of nitrogens with one attached hydrogen (secondary N) is 2. The Morgan fingerprint density at radius 2 is 2.12 bits per heavy atom. The lowest BCUT2D eigenvalue weighted by Gasteiger charge is -2.29. The molecule has 1 rings (SSSR count). The SMILES string of the molecule is CCC1(C(=O)NC(C)C(=O)N(C)C)CCCN1. The van der Waals surface area contributed by atoms with Gasteiger partial charge in [-0.2, -0.15) is 0 Å². The second kappa shape index (κ2) is 5.49. The summed E-state index contributed by atoms with van der Waals surface area (Å²) < 4.78 is 0. The zero-order valence-electron chi connectivity index (χ0n) is 11.2. The summed E-state index contributed by atoms with van der Waals surface area (Å²) in [7, 11) is 3.38. The number of nitrogens with zero attached hydrogens (tertiary/aromatic N) is 1. The van der Waals surface area contributed by atoms with Gasteiger partial charge in [0.2, 0.25) is 11.8 Å². The third kappa shape index (κ3) is 2.97. The van der Waals surface area contributed by atoms with Gasteiger partial charge in [0.15, 0.2) is 0 Å². The normalized spacial score (nSPS) is 25.4. The third-order valence-electron chi connectivity index (χ3n) is 3.44. The summed E-state index contributed by atoms with van der Waals surface area (Å²) >= 11 is 0. The van der Waals surface area contributed by atoms with Gasteiger partial charge in [0, 0.05) is 14.1 Å². The highest BCUT2D eigenvalue weighted by Gasteiger charge is 2.40. The van der Waals surface area contributed by atoms with Gasteiger partial charge in [-0.25, -0.2) is 0 Å². The summed E-state index contributed by atoms with van der Waals surface area (Å²) in [6.45, 7) is 4.59. The summed E-state index contributed by atoms with van der Waals surface area (Å²) in [5.74, 6) is -0.136. The highest BCUT2D eigenvalue weighted by molar-refractivity contribution is 5.92. The van der Waals surface area contributed by atoms with Crippen LogP contribution in [0.5, 0.6) is 0 Å². The summed E-state index contributed by atoms with van der Waals surface area (Å²) in [5.41, 5.74) is -0.471. The second-order valence-corrected chi connectivity index (χ2v) is 4.89. The molecule has 0 radical (unpaired) electrons. The van der Waals surface area contributed by atoms with Crippen LogP contribution in [0.25, 0.3) is 0 Å². The Bertz CT molecular complexity index is 296. The molecule has 98 valence electrons. The summed E-state index contributed by atoms with van der Waals surface area (Å²) in [5, 5.41) is 6.06. The molecule has 5 heteroatoms. The van der Waals surface area contributed by atoms with Crippen molar-refractivity contribution >= 4 is 11.8 Å². The van der Waals surface area contributed by atoms with Gasteiger partial charge in [-0.1, -0.05) is 6.92 Å². The number of rotatable bonds is 4. The van der Waals surface area contributed by atoms with Gasteiger partial charge >= 0.3 is 0 Å². The number of hydrogen-bond acceptors (Lipinski definition) is 3. The Morgan fingerprint density at radius 3 is 2.53 bits per heavy atom. The fraction of sp³-hybridized carbons (Fsp3) is 0.833. The van der Waals surface area contributed by atoms with E-state index in [1.807, 2.05) is 6.92 Å². The van der Waals surface area contributed by atoms with Crippen molar-refractivity contribution in [2.24, 2.45) is 0 Å². The molecule has 2 atom stereocenters. The molecule has 2 amide bonds. The van der Waals surface area contributed by atoms with E-state index in [2.05, 4.69) is 10.6 Å². The Labute approximate surface area is 103 Å². The fourth-order valence-corrected chi connectivity index (χ4v) is 2.25. The quantitative estimate of drug-likeness (QED) is 0.734. The summed E-state index contributed by atoms with van der Waals surface area (Å²) in [6.07, 6.45) is 2.61. The number of carbonyl (C=O) groups is 2. The van der Waals surface area contributed by atoms with Crippen LogP contribution in [0.2, 0.25) is 0 Å². The Balaban J connectivity index is 2.62. The number of amides is 2. The van der Waals surface area contributed by atoms with E-state index in [9.17, 15) is 9.59 Å². The number of likely N-dealkylation sites (N-methyl/N-ethyl adjacent to an activating group) is 1. The van der Waals surface area contributed by atoms with E-state index >= 15 is 0 Å². The van der Waals surface area contributed by atoms with E-state index in [1.54, 1.807) is 21.0 Å². The molecule has 0 aromatic carbocycles. The minimum Gasteiger partial charge on any atom is -0.347 e. The van der Waals surface area contributed by atoms with Crippen molar-refractivity contribution in [2.75, 3.05) is 20.6 Å². The highest BCUT2D eigenvalue weighted by atomic mass is 16.2. The van der Waals surface area contributed by atoms with Gasteiger partial charge in [0.25, 0.3) is 0 Å². The Hall–Kier alpha value is -1.10. The van der Waals surface area contributed by atoms with Crippen LogP contribution in [0.4, 0.5) is 0 Å². The first-order valence-electron chi connectivity index (χ1n) is 6.20. The van der Waals surface area contributed by atoms with E-state index in [-0.39, 0.29) is 11.8 Å². The van der Waals surface area contributed by atoms with Crippen LogP contribution in [-0.2, 0) is 9.59 Å². The Kier molecular flexibility index (Phi) is 4.51. The molecule has 0 aromatic heterocycles. The average Bonchev–Trinajstić information content (AvgIpc) is 2.77. The lowest BCUT2D eigenvalue weighted by Crippen LogP contribution is -2.57. The van der Waals surface area contributed by atoms with Gasteiger partial charge in [0.1, 0.15) is 6.04 Å². The third-order valence-corrected chi connectivity index (χ3v) is 3.44. The molecule has 1 heterocycles.